The first-order chi connectivity index (χ1) is 11.1. The predicted molar refractivity (Wildman–Crippen MR) is 86.2 cm³/mol. The van der Waals surface area contributed by atoms with Gasteiger partial charge in [0, 0.05) is 25.1 Å². The Morgan fingerprint density at radius 2 is 2.09 bits per heavy atom. The molecule has 122 valence electrons. The van der Waals surface area contributed by atoms with Crippen LogP contribution in [0.25, 0.3) is 0 Å². The minimum absolute atomic E-state index is 0.0288. The van der Waals surface area contributed by atoms with Crippen LogP contribution in [0.2, 0.25) is 0 Å². The maximum Gasteiger partial charge on any atom is 0.289 e. The lowest BCUT2D eigenvalue weighted by atomic mass is 9.89. The normalized spacial score (nSPS) is 21.1. The maximum atomic E-state index is 12.1. The second kappa shape index (κ2) is 6.96. The highest BCUT2D eigenvalue weighted by Gasteiger charge is 2.28. The van der Waals surface area contributed by atoms with Crippen LogP contribution in [-0.4, -0.2) is 24.2 Å². The number of benzene rings is 1. The van der Waals surface area contributed by atoms with Gasteiger partial charge in [0.1, 0.15) is 0 Å². The molecule has 5 nitrogen and oxygen atoms in total. The van der Waals surface area contributed by atoms with Gasteiger partial charge in [-0.25, -0.2) is 0 Å². The fourth-order valence-corrected chi connectivity index (χ4v) is 2.96. The molecule has 2 heterocycles. The monoisotopic (exact) mass is 314 g/mol. The van der Waals surface area contributed by atoms with Crippen LogP contribution in [0.5, 0.6) is 0 Å². The zero-order chi connectivity index (χ0) is 16.2. The van der Waals surface area contributed by atoms with Crippen LogP contribution in [0, 0.1) is 19.8 Å². The lowest BCUT2D eigenvalue weighted by Gasteiger charge is -2.32. The van der Waals surface area contributed by atoms with E-state index >= 15 is 0 Å². The number of amides is 1. The molecule has 1 aromatic heterocycles. The third kappa shape index (κ3) is 3.79. The standard InChI is InChI=1S/C18H22N2O3/c1-12-5-7-14(8-6-12)17-15(4-3-9-22-17)11-19-18(21)16-10-13(2)20-23-16/h5-8,10,15,17H,3-4,9,11H2,1-2H3,(H,19,21). The van der Waals surface area contributed by atoms with E-state index in [1.807, 2.05) is 0 Å². The first-order valence-corrected chi connectivity index (χ1v) is 8.03. The van der Waals surface area contributed by atoms with E-state index in [1.165, 1.54) is 11.1 Å². The predicted octanol–water partition coefficient (Wildman–Crippen LogP) is 3.19. The molecule has 1 fully saturated rings. The maximum absolute atomic E-state index is 12.1. The van der Waals surface area contributed by atoms with E-state index in [0.717, 1.165) is 19.4 Å². The molecule has 1 amide bonds. The molecule has 1 aliphatic rings. The molecular weight excluding hydrogens is 292 g/mol. The van der Waals surface area contributed by atoms with Gasteiger partial charge in [0.05, 0.1) is 11.8 Å². The average molecular weight is 314 g/mol. The van der Waals surface area contributed by atoms with Gasteiger partial charge in [-0.05, 0) is 32.3 Å². The van der Waals surface area contributed by atoms with Crippen molar-refractivity contribution in [3.8, 4) is 0 Å². The number of aromatic nitrogens is 1. The first-order valence-electron chi connectivity index (χ1n) is 8.03. The van der Waals surface area contributed by atoms with E-state index in [4.69, 9.17) is 9.26 Å². The summed E-state index contributed by atoms with van der Waals surface area (Å²) in [6, 6.07) is 10.1. The van der Waals surface area contributed by atoms with E-state index in [1.54, 1.807) is 13.0 Å². The van der Waals surface area contributed by atoms with Crippen LogP contribution in [0.15, 0.2) is 34.9 Å². The molecule has 23 heavy (non-hydrogen) atoms. The fraction of sp³-hybridized carbons (Fsp3) is 0.444. The van der Waals surface area contributed by atoms with Crippen LogP contribution in [0.3, 0.4) is 0 Å². The largest absolute Gasteiger partial charge is 0.373 e. The van der Waals surface area contributed by atoms with E-state index in [0.29, 0.717) is 12.2 Å². The third-order valence-corrected chi connectivity index (χ3v) is 4.23. The summed E-state index contributed by atoms with van der Waals surface area (Å²) in [5.74, 6) is 0.296. The summed E-state index contributed by atoms with van der Waals surface area (Å²) in [6.45, 7) is 5.20. The molecule has 1 saturated heterocycles. The molecule has 1 aliphatic heterocycles. The van der Waals surface area contributed by atoms with Gasteiger partial charge < -0.3 is 14.6 Å². The van der Waals surface area contributed by atoms with Crippen LogP contribution >= 0.6 is 0 Å². The second-order valence-corrected chi connectivity index (χ2v) is 6.15. The molecule has 0 aliphatic carbocycles. The minimum atomic E-state index is -0.223. The Labute approximate surface area is 136 Å². The van der Waals surface area contributed by atoms with Crippen molar-refractivity contribution in [1.82, 2.24) is 10.5 Å². The highest BCUT2D eigenvalue weighted by molar-refractivity contribution is 5.91. The Kier molecular flexibility index (Phi) is 4.76. The summed E-state index contributed by atoms with van der Waals surface area (Å²) >= 11 is 0. The van der Waals surface area contributed by atoms with Crippen molar-refractivity contribution < 1.29 is 14.1 Å². The van der Waals surface area contributed by atoms with E-state index in [9.17, 15) is 4.79 Å². The van der Waals surface area contributed by atoms with Crippen molar-refractivity contribution >= 4 is 5.91 Å². The van der Waals surface area contributed by atoms with Gasteiger partial charge in [-0.15, -0.1) is 0 Å². The average Bonchev–Trinajstić information content (AvgIpc) is 3.00. The van der Waals surface area contributed by atoms with Gasteiger partial charge >= 0.3 is 0 Å². The van der Waals surface area contributed by atoms with Gasteiger partial charge in [0.2, 0.25) is 5.76 Å². The van der Waals surface area contributed by atoms with Gasteiger partial charge in [0.25, 0.3) is 5.91 Å². The highest BCUT2D eigenvalue weighted by atomic mass is 16.5. The zero-order valence-corrected chi connectivity index (χ0v) is 13.5. The van der Waals surface area contributed by atoms with Crippen molar-refractivity contribution in [3.63, 3.8) is 0 Å². The Balaban J connectivity index is 1.64. The summed E-state index contributed by atoms with van der Waals surface area (Å²) in [6.07, 6.45) is 2.08. The lowest BCUT2D eigenvalue weighted by molar-refractivity contribution is -0.0273. The number of nitrogens with zero attached hydrogens (tertiary/aromatic N) is 1. The number of carbonyl (C=O) groups excluding carboxylic acids is 1. The summed E-state index contributed by atoms with van der Waals surface area (Å²) in [4.78, 5) is 12.1. The van der Waals surface area contributed by atoms with E-state index < -0.39 is 0 Å². The molecule has 3 rings (SSSR count). The van der Waals surface area contributed by atoms with Gasteiger partial charge in [-0.2, -0.15) is 0 Å². The lowest BCUT2D eigenvalue weighted by Crippen LogP contribution is -2.35. The molecule has 0 saturated carbocycles. The molecule has 2 atom stereocenters. The van der Waals surface area contributed by atoms with Gasteiger partial charge in [-0.3, -0.25) is 4.79 Å². The molecule has 5 heteroatoms. The van der Waals surface area contributed by atoms with E-state index in [-0.39, 0.29) is 23.7 Å². The summed E-state index contributed by atoms with van der Waals surface area (Å²) in [5, 5.41) is 6.68. The van der Waals surface area contributed by atoms with Gasteiger partial charge in [-0.1, -0.05) is 35.0 Å². The number of nitrogens with one attached hydrogen (secondary N) is 1. The topological polar surface area (TPSA) is 64.4 Å². The zero-order valence-electron chi connectivity index (χ0n) is 13.5. The quantitative estimate of drug-likeness (QED) is 0.941. The van der Waals surface area contributed by atoms with Crippen LogP contribution in [0.1, 0.15) is 46.3 Å². The Hall–Kier alpha value is -2.14. The van der Waals surface area contributed by atoms with Gasteiger partial charge in [0.15, 0.2) is 0 Å². The van der Waals surface area contributed by atoms with Crippen LogP contribution < -0.4 is 5.32 Å². The summed E-state index contributed by atoms with van der Waals surface area (Å²) in [5.41, 5.74) is 3.11. The number of rotatable bonds is 4. The highest BCUT2D eigenvalue weighted by Crippen LogP contribution is 2.33. The van der Waals surface area contributed by atoms with Crippen LogP contribution in [0.4, 0.5) is 0 Å². The number of hydrogen-bond acceptors (Lipinski definition) is 4. The van der Waals surface area contributed by atoms with Crippen LogP contribution in [-0.2, 0) is 4.74 Å². The molecule has 2 unspecified atom stereocenters. The molecule has 1 aromatic carbocycles. The minimum Gasteiger partial charge on any atom is -0.373 e. The molecule has 0 spiro atoms. The Morgan fingerprint density at radius 1 is 1.30 bits per heavy atom. The van der Waals surface area contributed by atoms with Crippen molar-refractivity contribution in [2.24, 2.45) is 5.92 Å². The number of ether oxygens (including phenoxy) is 1. The number of carbonyl (C=O) groups is 1. The Morgan fingerprint density at radius 3 is 2.78 bits per heavy atom. The molecule has 2 aromatic rings. The SMILES string of the molecule is Cc1ccc(C2OCCCC2CNC(=O)c2cc(C)no2)cc1. The second-order valence-electron chi connectivity index (χ2n) is 6.15. The number of aryl methyl sites for hydroxylation is 2. The summed E-state index contributed by atoms with van der Waals surface area (Å²) < 4.78 is 11.0. The fourth-order valence-electron chi connectivity index (χ4n) is 2.96. The molecule has 1 N–H and O–H groups in total. The smallest absolute Gasteiger partial charge is 0.289 e. The van der Waals surface area contributed by atoms with Crippen molar-refractivity contribution in [3.05, 3.63) is 52.9 Å². The van der Waals surface area contributed by atoms with E-state index in [2.05, 4.69) is 41.7 Å². The first kappa shape index (κ1) is 15.7. The molecular formula is C18H22N2O3. The Bertz CT molecular complexity index is 663. The van der Waals surface area contributed by atoms with Crippen molar-refractivity contribution in [2.75, 3.05) is 13.2 Å². The summed E-state index contributed by atoms with van der Waals surface area (Å²) in [7, 11) is 0. The molecule has 0 bridgehead atoms. The third-order valence-electron chi connectivity index (χ3n) is 4.23. The van der Waals surface area contributed by atoms with Crippen molar-refractivity contribution in [2.45, 2.75) is 32.8 Å². The molecule has 0 radical (unpaired) electrons. The number of hydrogen-bond donors (Lipinski definition) is 1. The van der Waals surface area contributed by atoms with Crippen molar-refractivity contribution in [1.29, 1.82) is 0 Å².